The molecular formula is C16H31N. The summed E-state index contributed by atoms with van der Waals surface area (Å²) in [6.45, 7) is 20.5. The molecular weight excluding hydrogens is 206 g/mol. The molecule has 17 heavy (non-hydrogen) atoms. The monoisotopic (exact) mass is 237 g/mol. The van der Waals surface area contributed by atoms with Crippen LogP contribution in [0.4, 0.5) is 0 Å². The fourth-order valence-electron chi connectivity index (χ4n) is 4.01. The molecule has 0 aliphatic heterocycles. The highest BCUT2D eigenvalue weighted by atomic mass is 15.1. The molecule has 1 saturated carbocycles. The lowest BCUT2D eigenvalue weighted by molar-refractivity contribution is -0.00153. The van der Waals surface area contributed by atoms with Gasteiger partial charge in [0.15, 0.2) is 0 Å². The van der Waals surface area contributed by atoms with Gasteiger partial charge in [0, 0.05) is 11.1 Å². The third-order valence-corrected chi connectivity index (χ3v) is 4.43. The van der Waals surface area contributed by atoms with E-state index in [9.17, 15) is 0 Å². The normalized spacial score (nSPS) is 32.4. The zero-order valence-electron chi connectivity index (χ0n) is 12.9. The number of hydrogen-bond donors (Lipinski definition) is 1. The maximum atomic E-state index is 4.41. The van der Waals surface area contributed by atoms with Crippen molar-refractivity contribution in [3.8, 4) is 0 Å². The number of nitrogens with one attached hydrogen (secondary N) is 1. The minimum absolute atomic E-state index is 0.155. The molecule has 1 rings (SSSR count). The minimum atomic E-state index is 0.155. The van der Waals surface area contributed by atoms with E-state index >= 15 is 0 Å². The molecule has 1 nitrogen and oxygen atoms in total. The molecule has 2 atom stereocenters. The fourth-order valence-corrected chi connectivity index (χ4v) is 4.01. The van der Waals surface area contributed by atoms with Crippen molar-refractivity contribution in [2.45, 2.75) is 78.8 Å². The maximum absolute atomic E-state index is 4.41. The second kappa shape index (κ2) is 4.42. The molecule has 1 fully saturated rings. The third-order valence-electron chi connectivity index (χ3n) is 4.43. The van der Waals surface area contributed by atoms with Crippen LogP contribution in [0.25, 0.3) is 0 Å². The van der Waals surface area contributed by atoms with Gasteiger partial charge >= 0.3 is 0 Å². The lowest BCUT2D eigenvalue weighted by Crippen LogP contribution is -2.71. The smallest absolute Gasteiger partial charge is 0.0437 e. The molecule has 1 aliphatic carbocycles. The zero-order chi connectivity index (χ0) is 13.5. The first-order valence-electron chi connectivity index (χ1n) is 7.11. The Kier molecular flexibility index (Phi) is 3.84. The summed E-state index contributed by atoms with van der Waals surface area (Å²) < 4.78 is 0. The predicted molar refractivity (Wildman–Crippen MR) is 77.2 cm³/mol. The van der Waals surface area contributed by atoms with E-state index in [1.165, 1.54) is 24.8 Å². The first-order valence-corrected chi connectivity index (χ1v) is 7.11. The van der Waals surface area contributed by atoms with Crippen LogP contribution >= 0.6 is 0 Å². The van der Waals surface area contributed by atoms with E-state index in [-0.39, 0.29) is 11.1 Å². The average molecular weight is 237 g/mol. The molecule has 0 bridgehead atoms. The van der Waals surface area contributed by atoms with Crippen LogP contribution in [0.15, 0.2) is 12.2 Å². The average Bonchev–Trinajstić information content (AvgIpc) is 2.14. The van der Waals surface area contributed by atoms with Gasteiger partial charge in [0.1, 0.15) is 0 Å². The summed E-state index contributed by atoms with van der Waals surface area (Å²) in [7, 11) is 0. The molecule has 0 radical (unpaired) electrons. The van der Waals surface area contributed by atoms with Crippen LogP contribution in [-0.4, -0.2) is 11.1 Å². The number of rotatable bonds is 4. The van der Waals surface area contributed by atoms with Gasteiger partial charge in [0.2, 0.25) is 0 Å². The van der Waals surface area contributed by atoms with Gasteiger partial charge in [-0.2, -0.15) is 0 Å². The van der Waals surface area contributed by atoms with Gasteiger partial charge in [0.25, 0.3) is 0 Å². The Morgan fingerprint density at radius 2 is 1.76 bits per heavy atom. The van der Waals surface area contributed by atoms with Gasteiger partial charge in [0.05, 0.1) is 0 Å². The predicted octanol–water partition coefficient (Wildman–Crippen LogP) is 4.54. The summed E-state index contributed by atoms with van der Waals surface area (Å²) in [6, 6.07) is 0. The van der Waals surface area contributed by atoms with E-state index in [0.29, 0.717) is 11.3 Å². The van der Waals surface area contributed by atoms with Crippen molar-refractivity contribution in [3.63, 3.8) is 0 Å². The standard InChI is InChI=1S/C16H31N/c1-9-11-16(17-14(4,5)6)12(3)15(7,8)13(16)10-2/h13,17H,3,9-11H2,1-2,4-8H3. The summed E-state index contributed by atoms with van der Waals surface area (Å²) in [4.78, 5) is 0. The Balaban J connectivity index is 3.05. The van der Waals surface area contributed by atoms with Crippen molar-refractivity contribution in [2.75, 3.05) is 0 Å². The van der Waals surface area contributed by atoms with Crippen molar-refractivity contribution in [1.82, 2.24) is 5.32 Å². The highest BCUT2D eigenvalue weighted by Gasteiger charge is 2.60. The molecule has 0 aromatic rings. The van der Waals surface area contributed by atoms with E-state index in [1.54, 1.807) is 0 Å². The van der Waals surface area contributed by atoms with Crippen molar-refractivity contribution < 1.29 is 0 Å². The Morgan fingerprint density at radius 1 is 1.24 bits per heavy atom. The van der Waals surface area contributed by atoms with E-state index in [1.807, 2.05) is 0 Å². The van der Waals surface area contributed by atoms with E-state index < -0.39 is 0 Å². The second-order valence-corrected chi connectivity index (χ2v) is 7.26. The van der Waals surface area contributed by atoms with Gasteiger partial charge in [-0.1, -0.05) is 52.7 Å². The SMILES string of the molecule is C=C1C(C)(C)C(CC)C1(CCC)NC(C)(C)C. The van der Waals surface area contributed by atoms with E-state index in [2.05, 4.69) is 60.4 Å². The largest absolute Gasteiger partial charge is 0.303 e. The van der Waals surface area contributed by atoms with Crippen molar-refractivity contribution in [1.29, 1.82) is 0 Å². The summed E-state index contributed by atoms with van der Waals surface area (Å²) in [6.07, 6.45) is 3.66. The Labute approximate surface area is 108 Å². The first kappa shape index (κ1) is 14.8. The number of hydrogen-bond acceptors (Lipinski definition) is 1. The molecule has 0 heterocycles. The summed E-state index contributed by atoms with van der Waals surface area (Å²) >= 11 is 0. The lowest BCUT2D eigenvalue weighted by Gasteiger charge is -2.65. The second-order valence-electron chi connectivity index (χ2n) is 7.26. The Morgan fingerprint density at radius 3 is 2.12 bits per heavy atom. The van der Waals surface area contributed by atoms with Crippen molar-refractivity contribution >= 4 is 0 Å². The Bertz CT molecular complexity index is 295. The molecule has 1 N–H and O–H groups in total. The summed E-state index contributed by atoms with van der Waals surface area (Å²) in [5.41, 5.74) is 2.03. The van der Waals surface area contributed by atoms with Gasteiger partial charge in [-0.15, -0.1) is 0 Å². The molecule has 1 heteroatoms. The molecule has 0 saturated heterocycles. The van der Waals surface area contributed by atoms with Crippen LogP contribution in [0.2, 0.25) is 0 Å². The highest BCUT2D eigenvalue weighted by molar-refractivity contribution is 5.39. The molecule has 100 valence electrons. The first-order chi connectivity index (χ1) is 7.62. The quantitative estimate of drug-likeness (QED) is 0.708. The van der Waals surface area contributed by atoms with Crippen LogP contribution < -0.4 is 5.32 Å². The zero-order valence-corrected chi connectivity index (χ0v) is 12.9. The van der Waals surface area contributed by atoms with Crippen LogP contribution in [0.1, 0.15) is 67.7 Å². The van der Waals surface area contributed by atoms with Crippen LogP contribution in [0.5, 0.6) is 0 Å². The topological polar surface area (TPSA) is 12.0 Å². The van der Waals surface area contributed by atoms with Gasteiger partial charge in [-0.05, 0) is 38.5 Å². The molecule has 1 aliphatic rings. The van der Waals surface area contributed by atoms with Crippen molar-refractivity contribution in [2.24, 2.45) is 11.3 Å². The molecule has 0 aromatic carbocycles. The van der Waals surface area contributed by atoms with E-state index in [4.69, 9.17) is 0 Å². The van der Waals surface area contributed by atoms with Crippen LogP contribution in [-0.2, 0) is 0 Å². The molecule has 0 aromatic heterocycles. The Hall–Kier alpha value is -0.300. The summed E-state index contributed by atoms with van der Waals surface area (Å²) in [5.74, 6) is 0.710. The fraction of sp³-hybridized carbons (Fsp3) is 0.875. The molecule has 2 unspecified atom stereocenters. The van der Waals surface area contributed by atoms with E-state index in [0.717, 1.165) is 0 Å². The summed E-state index contributed by atoms with van der Waals surface area (Å²) in [5, 5.41) is 3.88. The third kappa shape index (κ3) is 2.31. The maximum Gasteiger partial charge on any atom is 0.0437 e. The highest BCUT2D eigenvalue weighted by Crippen LogP contribution is 2.60. The van der Waals surface area contributed by atoms with Crippen LogP contribution in [0, 0.1) is 11.3 Å². The molecule has 0 spiro atoms. The van der Waals surface area contributed by atoms with Crippen molar-refractivity contribution in [3.05, 3.63) is 12.2 Å². The minimum Gasteiger partial charge on any atom is -0.303 e. The molecule has 0 amide bonds. The van der Waals surface area contributed by atoms with Crippen LogP contribution in [0.3, 0.4) is 0 Å². The lowest BCUT2D eigenvalue weighted by atomic mass is 9.45. The van der Waals surface area contributed by atoms with Gasteiger partial charge in [-0.3, -0.25) is 0 Å². The van der Waals surface area contributed by atoms with Gasteiger partial charge < -0.3 is 5.32 Å². The van der Waals surface area contributed by atoms with Gasteiger partial charge in [-0.25, -0.2) is 0 Å².